The molecule has 2 aliphatic rings. The zero-order valence-corrected chi connectivity index (χ0v) is 18.5. The van der Waals surface area contributed by atoms with Crippen LogP contribution in [0.4, 0.5) is 0 Å². The van der Waals surface area contributed by atoms with Crippen LogP contribution >= 0.6 is 0 Å². The van der Waals surface area contributed by atoms with E-state index in [4.69, 9.17) is 0 Å². The van der Waals surface area contributed by atoms with Crippen molar-refractivity contribution >= 4 is 10.9 Å². The van der Waals surface area contributed by atoms with E-state index in [1.54, 1.807) is 4.90 Å². The fourth-order valence-electron chi connectivity index (χ4n) is 5.52. The van der Waals surface area contributed by atoms with Gasteiger partial charge in [0.25, 0.3) is 5.56 Å². The Balaban J connectivity index is 1.62. The van der Waals surface area contributed by atoms with Gasteiger partial charge in [0.15, 0.2) is 6.04 Å². The number of H-pyrrole nitrogens is 1. The Kier molecular flexibility index (Phi) is 5.58. The van der Waals surface area contributed by atoms with E-state index < -0.39 is 0 Å². The number of hydrogen-bond donors (Lipinski definition) is 3. The number of nitrogens with zero attached hydrogens (tertiary/aromatic N) is 4. The van der Waals surface area contributed by atoms with Crippen LogP contribution in [-0.4, -0.2) is 57.9 Å². The molecule has 0 unspecified atom stereocenters. The Hall–Kier alpha value is -2.58. The minimum absolute atomic E-state index is 0.0226. The summed E-state index contributed by atoms with van der Waals surface area (Å²) in [6.07, 6.45) is 4.66. The van der Waals surface area contributed by atoms with Crippen molar-refractivity contribution in [1.29, 1.82) is 0 Å². The lowest BCUT2D eigenvalue weighted by Gasteiger charge is -2.34. The second kappa shape index (κ2) is 8.51. The molecule has 2 aromatic heterocycles. The Morgan fingerprint density at radius 1 is 1.19 bits per heavy atom. The molecule has 31 heavy (non-hydrogen) atoms. The van der Waals surface area contributed by atoms with Crippen molar-refractivity contribution in [2.45, 2.75) is 51.6 Å². The SMILES string of the molecule is CC[NH+]1CC[NH+]([C@H](c2cc3cccc(C)c3[nH]c2=O)c2nnnn2C2CCCC2)CC1. The second-order valence-corrected chi connectivity index (χ2v) is 9.21. The first-order valence-corrected chi connectivity index (χ1v) is 11.7. The first-order chi connectivity index (χ1) is 15.2. The number of aromatic amines is 1. The predicted molar refractivity (Wildman–Crippen MR) is 118 cm³/mol. The van der Waals surface area contributed by atoms with Crippen molar-refractivity contribution in [2.24, 2.45) is 0 Å². The fraction of sp³-hybridized carbons (Fsp3) is 0.565. The molecule has 3 N–H and O–H groups in total. The number of para-hydroxylation sites is 1. The molecule has 8 heteroatoms. The number of benzene rings is 1. The summed E-state index contributed by atoms with van der Waals surface area (Å²) in [4.78, 5) is 19.5. The predicted octanol–water partition coefficient (Wildman–Crippen LogP) is -0.169. The smallest absolute Gasteiger partial charge is 0.258 e. The number of hydrogen-bond acceptors (Lipinski definition) is 4. The summed E-state index contributed by atoms with van der Waals surface area (Å²) < 4.78 is 2.03. The highest BCUT2D eigenvalue weighted by Crippen LogP contribution is 2.31. The number of tetrazole rings is 1. The minimum atomic E-state index is -0.150. The topological polar surface area (TPSA) is 85.3 Å². The van der Waals surface area contributed by atoms with Crippen molar-refractivity contribution in [1.82, 2.24) is 25.2 Å². The lowest BCUT2D eigenvalue weighted by molar-refractivity contribution is -1.02. The molecule has 3 aromatic rings. The summed E-state index contributed by atoms with van der Waals surface area (Å²) in [6, 6.07) is 8.43. The maximum absolute atomic E-state index is 13.4. The number of nitrogens with one attached hydrogen (secondary N) is 3. The van der Waals surface area contributed by atoms with Crippen molar-refractivity contribution < 1.29 is 9.80 Å². The van der Waals surface area contributed by atoms with E-state index in [2.05, 4.69) is 39.6 Å². The molecule has 1 aliphatic carbocycles. The van der Waals surface area contributed by atoms with Crippen LogP contribution in [0, 0.1) is 6.92 Å². The van der Waals surface area contributed by atoms with Crippen molar-refractivity contribution in [3.63, 3.8) is 0 Å². The van der Waals surface area contributed by atoms with Crippen LogP contribution in [0.15, 0.2) is 29.1 Å². The average Bonchev–Trinajstić information content (AvgIpc) is 3.47. The zero-order valence-electron chi connectivity index (χ0n) is 18.5. The van der Waals surface area contributed by atoms with Crippen molar-refractivity contribution in [3.05, 3.63) is 51.6 Å². The number of likely N-dealkylation sites (N-methyl/N-ethyl adjacent to an activating group) is 1. The minimum Gasteiger partial charge on any atom is -0.326 e. The van der Waals surface area contributed by atoms with E-state index in [9.17, 15) is 4.79 Å². The molecule has 2 fully saturated rings. The molecule has 164 valence electrons. The molecule has 1 aromatic carbocycles. The largest absolute Gasteiger partial charge is 0.326 e. The summed E-state index contributed by atoms with van der Waals surface area (Å²) >= 11 is 0. The average molecular weight is 424 g/mol. The van der Waals surface area contributed by atoms with E-state index in [0.29, 0.717) is 6.04 Å². The first kappa shape index (κ1) is 20.3. The third-order valence-electron chi connectivity index (χ3n) is 7.38. The van der Waals surface area contributed by atoms with Gasteiger partial charge in [-0.05, 0) is 54.1 Å². The molecule has 5 rings (SSSR count). The molecule has 1 saturated heterocycles. The van der Waals surface area contributed by atoms with Crippen LogP contribution in [0.25, 0.3) is 10.9 Å². The Morgan fingerprint density at radius 2 is 1.97 bits per heavy atom. The second-order valence-electron chi connectivity index (χ2n) is 9.21. The van der Waals surface area contributed by atoms with Crippen LogP contribution in [0.5, 0.6) is 0 Å². The van der Waals surface area contributed by atoms with Gasteiger partial charge in [-0.3, -0.25) is 4.79 Å². The quantitative estimate of drug-likeness (QED) is 0.532. The molecule has 0 bridgehead atoms. The molecule has 0 radical (unpaired) electrons. The van der Waals surface area contributed by atoms with Crippen LogP contribution in [0.2, 0.25) is 0 Å². The van der Waals surface area contributed by atoms with E-state index in [1.165, 1.54) is 17.7 Å². The lowest BCUT2D eigenvalue weighted by Crippen LogP contribution is -3.28. The van der Waals surface area contributed by atoms with Crippen molar-refractivity contribution in [3.8, 4) is 0 Å². The highest BCUT2D eigenvalue weighted by atomic mass is 16.1. The molecule has 1 saturated carbocycles. The summed E-state index contributed by atoms with van der Waals surface area (Å²) in [7, 11) is 0. The maximum atomic E-state index is 13.4. The van der Waals surface area contributed by atoms with E-state index >= 15 is 0 Å². The van der Waals surface area contributed by atoms with Crippen LogP contribution < -0.4 is 15.4 Å². The van der Waals surface area contributed by atoms with Gasteiger partial charge in [0, 0.05) is 0 Å². The Labute approximate surface area is 182 Å². The molecular weight excluding hydrogens is 390 g/mol. The van der Waals surface area contributed by atoms with Gasteiger partial charge in [-0.1, -0.05) is 31.0 Å². The van der Waals surface area contributed by atoms with Crippen molar-refractivity contribution in [2.75, 3.05) is 32.7 Å². The molecule has 8 nitrogen and oxygen atoms in total. The molecule has 0 spiro atoms. The molecule has 1 aliphatic heterocycles. The number of fused-ring (bicyclic) bond motifs is 1. The van der Waals surface area contributed by atoms with Gasteiger partial charge in [0.05, 0.1) is 23.7 Å². The molecule has 3 heterocycles. The number of aryl methyl sites for hydroxylation is 1. The van der Waals surface area contributed by atoms with E-state index in [-0.39, 0.29) is 11.6 Å². The maximum Gasteiger partial charge on any atom is 0.258 e. The van der Waals surface area contributed by atoms with Crippen LogP contribution in [-0.2, 0) is 0 Å². The van der Waals surface area contributed by atoms with Crippen LogP contribution in [0.3, 0.4) is 0 Å². The number of aromatic nitrogens is 5. The van der Waals surface area contributed by atoms with Gasteiger partial charge in [-0.25, -0.2) is 4.68 Å². The lowest BCUT2D eigenvalue weighted by atomic mass is 10.0. The fourth-order valence-corrected chi connectivity index (χ4v) is 5.52. The Bertz CT molecular complexity index is 1110. The zero-order chi connectivity index (χ0) is 21.4. The number of quaternary nitrogens is 2. The summed E-state index contributed by atoms with van der Waals surface area (Å²) in [5.41, 5.74) is 2.76. The van der Waals surface area contributed by atoms with Gasteiger partial charge < -0.3 is 14.8 Å². The number of piperazine rings is 1. The molecule has 1 atom stereocenters. The van der Waals surface area contributed by atoms with Gasteiger partial charge in [-0.2, -0.15) is 0 Å². The monoisotopic (exact) mass is 423 g/mol. The third-order valence-corrected chi connectivity index (χ3v) is 7.38. The number of pyridine rings is 1. The van der Waals surface area contributed by atoms with E-state index in [1.807, 2.05) is 23.7 Å². The normalized spacial score (nSPS) is 23.4. The van der Waals surface area contributed by atoms with Gasteiger partial charge >= 0.3 is 0 Å². The summed E-state index contributed by atoms with van der Waals surface area (Å²) in [5, 5.41) is 14.1. The van der Waals surface area contributed by atoms with Gasteiger partial charge in [0.2, 0.25) is 5.82 Å². The molecular formula is C23H33N7O+2. The highest BCUT2D eigenvalue weighted by Gasteiger charge is 2.38. The first-order valence-electron chi connectivity index (χ1n) is 11.7. The van der Waals surface area contributed by atoms with Crippen LogP contribution in [0.1, 0.15) is 61.6 Å². The summed E-state index contributed by atoms with van der Waals surface area (Å²) in [5.74, 6) is 0.847. The number of rotatable bonds is 5. The third kappa shape index (κ3) is 3.78. The molecule has 0 amide bonds. The summed E-state index contributed by atoms with van der Waals surface area (Å²) in [6.45, 7) is 9.67. The Morgan fingerprint density at radius 3 is 2.71 bits per heavy atom. The van der Waals surface area contributed by atoms with Gasteiger partial charge in [-0.15, -0.1) is 5.10 Å². The highest BCUT2D eigenvalue weighted by molar-refractivity contribution is 5.82. The standard InChI is InChI=1S/C23H31N7O/c1-3-28-11-13-29(14-12-28)21(22-25-26-27-30(22)18-9-4-5-10-18)19-15-17-8-6-7-16(2)20(17)24-23(19)31/h6-8,15,18,21H,3-5,9-14H2,1-2H3,(H,24,31)/p+2/t21-/m1/s1. The van der Waals surface area contributed by atoms with Gasteiger partial charge in [0.1, 0.15) is 26.2 Å². The van der Waals surface area contributed by atoms with E-state index in [0.717, 1.165) is 73.4 Å².